The van der Waals surface area contributed by atoms with Crippen molar-refractivity contribution in [2.75, 3.05) is 18.0 Å². The van der Waals surface area contributed by atoms with Gasteiger partial charge in [0.1, 0.15) is 18.3 Å². The second-order valence-electron chi connectivity index (χ2n) is 10.9. The van der Waals surface area contributed by atoms with Crippen molar-refractivity contribution in [1.82, 2.24) is 10.2 Å². The quantitative estimate of drug-likeness (QED) is 0.323. The number of amides is 2. The van der Waals surface area contributed by atoms with E-state index in [1.165, 1.54) is 17.0 Å². The predicted octanol–water partition coefficient (Wildman–Crippen LogP) is 5.37. The van der Waals surface area contributed by atoms with Crippen LogP contribution in [0.25, 0.3) is 0 Å². The molecule has 0 heterocycles. The van der Waals surface area contributed by atoms with Crippen LogP contribution in [0.5, 0.6) is 5.75 Å². The Kier molecular flexibility index (Phi) is 10.3. The zero-order valence-electron chi connectivity index (χ0n) is 24.9. The monoisotopic (exact) mass is 591 g/mol. The lowest BCUT2D eigenvalue weighted by atomic mass is 9.95. The Hall–Kier alpha value is -3.85. The molecule has 1 unspecified atom stereocenters. The first-order chi connectivity index (χ1) is 20.1. The van der Waals surface area contributed by atoms with Crippen LogP contribution in [-0.4, -0.2) is 50.9 Å². The van der Waals surface area contributed by atoms with E-state index >= 15 is 0 Å². The second-order valence-corrected chi connectivity index (χ2v) is 12.8. The third-order valence-corrected chi connectivity index (χ3v) is 9.83. The molecule has 1 N–H and O–H groups in total. The minimum absolute atomic E-state index is 0.0763. The number of sulfonamides is 1. The maximum Gasteiger partial charge on any atom is 0.264 e. The molecule has 224 valence electrons. The number of anilines is 1. The summed E-state index contributed by atoms with van der Waals surface area (Å²) in [4.78, 5) is 29.2. The Balaban J connectivity index is 1.71. The fourth-order valence-electron chi connectivity index (χ4n) is 5.36. The van der Waals surface area contributed by atoms with Gasteiger partial charge >= 0.3 is 0 Å². The van der Waals surface area contributed by atoms with Gasteiger partial charge in [0.05, 0.1) is 17.7 Å². The molecule has 1 fully saturated rings. The molecule has 0 aliphatic heterocycles. The molecule has 0 spiro atoms. The molecule has 1 atom stereocenters. The molecule has 1 saturated carbocycles. The van der Waals surface area contributed by atoms with Gasteiger partial charge in [-0.1, -0.05) is 61.7 Å². The van der Waals surface area contributed by atoms with E-state index in [1.54, 1.807) is 44.4 Å². The van der Waals surface area contributed by atoms with Crippen LogP contribution in [0.3, 0.4) is 0 Å². The lowest BCUT2D eigenvalue weighted by Gasteiger charge is -2.33. The zero-order valence-corrected chi connectivity index (χ0v) is 25.7. The molecule has 1 aliphatic rings. The Morgan fingerprint density at radius 2 is 1.64 bits per heavy atom. The highest BCUT2D eigenvalue weighted by atomic mass is 32.2. The highest BCUT2D eigenvalue weighted by Gasteiger charge is 2.34. The van der Waals surface area contributed by atoms with Crippen LogP contribution in [0.4, 0.5) is 5.69 Å². The number of methoxy groups -OCH3 is 1. The van der Waals surface area contributed by atoms with Gasteiger partial charge in [0, 0.05) is 12.6 Å². The van der Waals surface area contributed by atoms with Crippen molar-refractivity contribution in [3.05, 3.63) is 89.5 Å². The van der Waals surface area contributed by atoms with Crippen molar-refractivity contribution in [2.24, 2.45) is 0 Å². The summed E-state index contributed by atoms with van der Waals surface area (Å²) in [5, 5.41) is 3.13. The fraction of sp³-hybridized carbons (Fsp3) is 0.394. The van der Waals surface area contributed by atoms with Crippen molar-refractivity contribution in [1.29, 1.82) is 0 Å². The SMILES string of the molecule is COc1cccc(CN(C(=O)CN(c2cccc(C)c2C)S(=O)(=O)c2ccccc2)C(C)C(=O)NC2CCCCC2)c1. The van der Waals surface area contributed by atoms with Crippen molar-refractivity contribution < 1.29 is 22.7 Å². The fourth-order valence-corrected chi connectivity index (χ4v) is 6.85. The van der Waals surface area contributed by atoms with E-state index in [0.29, 0.717) is 11.4 Å². The van der Waals surface area contributed by atoms with E-state index in [9.17, 15) is 18.0 Å². The van der Waals surface area contributed by atoms with Crippen LogP contribution in [0, 0.1) is 13.8 Å². The summed E-state index contributed by atoms with van der Waals surface area (Å²) < 4.78 is 34.6. The van der Waals surface area contributed by atoms with Crippen LogP contribution < -0.4 is 14.4 Å². The van der Waals surface area contributed by atoms with E-state index in [1.807, 2.05) is 44.2 Å². The molecule has 9 heteroatoms. The normalized spacial score (nSPS) is 14.6. The van der Waals surface area contributed by atoms with Gasteiger partial charge in [0.2, 0.25) is 11.8 Å². The lowest BCUT2D eigenvalue weighted by molar-refractivity contribution is -0.139. The second kappa shape index (κ2) is 13.9. The van der Waals surface area contributed by atoms with E-state index in [0.717, 1.165) is 53.1 Å². The number of nitrogens with zero attached hydrogens (tertiary/aromatic N) is 2. The number of rotatable bonds is 11. The molecule has 8 nitrogen and oxygen atoms in total. The summed E-state index contributed by atoms with van der Waals surface area (Å²) in [7, 11) is -2.54. The molecular formula is C33H41N3O5S. The van der Waals surface area contributed by atoms with Gasteiger partial charge in [-0.25, -0.2) is 8.42 Å². The first-order valence-corrected chi connectivity index (χ1v) is 15.9. The Morgan fingerprint density at radius 3 is 2.33 bits per heavy atom. The summed E-state index contributed by atoms with van der Waals surface area (Å²) >= 11 is 0. The number of ether oxygens (including phenoxy) is 1. The highest BCUT2D eigenvalue weighted by Crippen LogP contribution is 2.29. The zero-order chi connectivity index (χ0) is 30.3. The lowest BCUT2D eigenvalue weighted by Crippen LogP contribution is -2.53. The molecule has 0 saturated heterocycles. The molecule has 0 bridgehead atoms. The van der Waals surface area contributed by atoms with Crippen LogP contribution in [0.15, 0.2) is 77.7 Å². The summed E-state index contributed by atoms with van der Waals surface area (Å²) in [5.41, 5.74) is 2.85. The molecule has 3 aromatic carbocycles. The number of carbonyl (C=O) groups is 2. The third-order valence-electron chi connectivity index (χ3n) is 8.06. The Labute approximate surface area is 249 Å². The molecule has 4 rings (SSSR count). The molecule has 3 aromatic rings. The molecule has 1 aliphatic carbocycles. The average Bonchev–Trinajstić information content (AvgIpc) is 3.00. The first kappa shape index (κ1) is 31.1. The standard InChI is InChI=1S/C33H41N3O5S/c1-24-13-11-20-31(25(24)2)36(42(39,40)30-18-9-6-10-19-30)23-32(37)35(22-27-14-12-17-29(21-27)41-4)26(3)33(38)34-28-15-7-5-8-16-28/h6,9-14,17-21,26,28H,5,7-8,15-16,22-23H2,1-4H3,(H,34,38). The smallest absolute Gasteiger partial charge is 0.264 e. The predicted molar refractivity (Wildman–Crippen MR) is 165 cm³/mol. The number of hydrogen-bond donors (Lipinski definition) is 1. The Morgan fingerprint density at radius 1 is 0.952 bits per heavy atom. The van der Waals surface area contributed by atoms with Crippen molar-refractivity contribution in [3.8, 4) is 5.75 Å². The van der Waals surface area contributed by atoms with Gasteiger partial charge in [-0.05, 0) is 80.6 Å². The molecule has 2 amide bonds. The first-order valence-electron chi connectivity index (χ1n) is 14.5. The molecule has 0 aromatic heterocycles. The molecule has 0 radical (unpaired) electrons. The summed E-state index contributed by atoms with van der Waals surface area (Å²) in [6.07, 6.45) is 5.12. The van der Waals surface area contributed by atoms with E-state index < -0.39 is 28.5 Å². The number of aryl methyl sites for hydroxylation is 1. The van der Waals surface area contributed by atoms with E-state index in [2.05, 4.69) is 5.32 Å². The highest BCUT2D eigenvalue weighted by molar-refractivity contribution is 7.92. The summed E-state index contributed by atoms with van der Waals surface area (Å²) in [6.45, 7) is 5.09. The van der Waals surface area contributed by atoms with Crippen LogP contribution >= 0.6 is 0 Å². The van der Waals surface area contributed by atoms with Crippen LogP contribution in [-0.2, 0) is 26.2 Å². The third kappa shape index (κ3) is 7.31. The Bertz CT molecular complexity index is 1490. The molecular weight excluding hydrogens is 550 g/mol. The number of nitrogens with one attached hydrogen (secondary N) is 1. The maximum absolute atomic E-state index is 14.2. The van der Waals surface area contributed by atoms with Crippen LogP contribution in [0.2, 0.25) is 0 Å². The molecule has 42 heavy (non-hydrogen) atoms. The van der Waals surface area contributed by atoms with Gasteiger partial charge in [0.25, 0.3) is 10.0 Å². The van der Waals surface area contributed by atoms with Crippen LogP contribution in [0.1, 0.15) is 55.7 Å². The average molecular weight is 592 g/mol. The van der Waals surface area contributed by atoms with Gasteiger partial charge < -0.3 is 15.0 Å². The van der Waals surface area contributed by atoms with Gasteiger partial charge in [-0.15, -0.1) is 0 Å². The van der Waals surface area contributed by atoms with E-state index in [-0.39, 0.29) is 23.4 Å². The van der Waals surface area contributed by atoms with Gasteiger partial charge in [-0.2, -0.15) is 0 Å². The van der Waals surface area contributed by atoms with Gasteiger partial charge in [-0.3, -0.25) is 13.9 Å². The van der Waals surface area contributed by atoms with E-state index in [4.69, 9.17) is 4.74 Å². The number of carbonyl (C=O) groups excluding carboxylic acids is 2. The largest absolute Gasteiger partial charge is 0.497 e. The minimum Gasteiger partial charge on any atom is -0.497 e. The maximum atomic E-state index is 14.2. The van der Waals surface area contributed by atoms with Gasteiger partial charge in [0.15, 0.2) is 0 Å². The van der Waals surface area contributed by atoms with Crippen molar-refractivity contribution in [3.63, 3.8) is 0 Å². The topological polar surface area (TPSA) is 96.0 Å². The number of benzene rings is 3. The summed E-state index contributed by atoms with van der Waals surface area (Å²) in [6, 6.07) is 20.0. The summed E-state index contributed by atoms with van der Waals surface area (Å²) in [5.74, 6) is -0.102. The number of hydrogen-bond acceptors (Lipinski definition) is 5. The van der Waals surface area contributed by atoms with Crippen molar-refractivity contribution in [2.45, 2.75) is 76.4 Å². The minimum atomic E-state index is -4.11. The van der Waals surface area contributed by atoms with Crippen molar-refractivity contribution >= 4 is 27.5 Å².